The zero-order valence-corrected chi connectivity index (χ0v) is 42.7. The second-order valence-corrected chi connectivity index (χ2v) is 23.6. The van der Waals surface area contributed by atoms with Gasteiger partial charge in [-0.1, -0.05) is 11.9 Å². The van der Waals surface area contributed by atoms with Gasteiger partial charge in [-0.15, -0.1) is 0 Å². The van der Waals surface area contributed by atoms with E-state index >= 15 is 0 Å². The summed E-state index contributed by atoms with van der Waals surface area (Å²) in [5.74, 6) is -1.39. The molecule has 5 aromatic rings. The Kier molecular flexibility index (Phi) is 16.6. The number of aromatic amines is 2. The molecule has 0 bridgehead atoms. The Morgan fingerprint density at radius 1 is 0.800 bits per heavy atom. The smallest absolute Gasteiger partial charge is 0.387 e. The Morgan fingerprint density at radius 2 is 1.47 bits per heavy atom. The molecule has 0 aliphatic carbocycles. The SMILES string of the molecule is CCCOC[C@H]1[C@@H](O)[C@H]([n+]2cn(C)c3c(=O)[nH]c(N)nc32)O[C@@H]1COP(=O)(O)OP(=O)(O)OP(=O)(O)OC[C@H]1O[C@@H](n2cnc3c(N)ncnc32)[C@H](OC)[C@@H]1P(=O)(O)OC[C@H]1O[C@@H](n2ccc(=O)[nH]c2=O)[C@H](O)[C@@H]1O. The van der Waals surface area contributed by atoms with Crippen molar-refractivity contribution in [3.05, 3.63) is 62.4 Å². The molecule has 3 saturated heterocycles. The van der Waals surface area contributed by atoms with E-state index in [9.17, 15) is 67.5 Å². The first-order valence-corrected chi connectivity index (χ1v) is 28.2. The molecule has 16 atom stereocenters. The maximum Gasteiger partial charge on any atom is 0.490 e. The molecule has 3 aliphatic rings. The number of aromatic nitrogens is 10. The van der Waals surface area contributed by atoms with Crippen LogP contribution in [0.4, 0.5) is 11.8 Å². The Bertz CT molecular complexity index is 3280. The molecule has 0 spiro atoms. The summed E-state index contributed by atoms with van der Waals surface area (Å²) in [6.45, 7) is -1.44. The topological polar surface area (TPSA) is 507 Å². The van der Waals surface area contributed by atoms with Gasteiger partial charge >= 0.3 is 42.4 Å². The van der Waals surface area contributed by atoms with Crippen molar-refractivity contribution < 1.29 is 104 Å². The molecule has 5 aromatic heterocycles. The quantitative estimate of drug-likeness (QED) is 0.0185. The first kappa shape index (κ1) is 56.6. The van der Waals surface area contributed by atoms with E-state index in [0.717, 1.165) is 36.6 Å². The third kappa shape index (κ3) is 12.0. The van der Waals surface area contributed by atoms with E-state index in [1.807, 2.05) is 4.98 Å². The average molecular weight is 1150 g/mol. The van der Waals surface area contributed by atoms with Crippen molar-refractivity contribution in [2.24, 2.45) is 13.0 Å². The Labute approximate surface area is 419 Å². The van der Waals surface area contributed by atoms with Crippen molar-refractivity contribution in [3.8, 4) is 0 Å². The minimum absolute atomic E-state index is 0.00556. The van der Waals surface area contributed by atoms with Crippen LogP contribution in [0.25, 0.3) is 22.3 Å². The summed E-state index contributed by atoms with van der Waals surface area (Å²) in [7, 11) is -20.7. The molecule has 0 radical (unpaired) electrons. The lowest BCUT2D eigenvalue weighted by Gasteiger charge is -2.28. The van der Waals surface area contributed by atoms with Crippen molar-refractivity contribution >= 4 is 65.2 Å². The number of fused-ring (bicyclic) bond motifs is 2. The highest BCUT2D eigenvalue weighted by atomic mass is 31.3. The zero-order valence-electron chi connectivity index (χ0n) is 39.1. The number of aryl methyl sites for hydroxylation is 1. The molecule has 0 aromatic carbocycles. The van der Waals surface area contributed by atoms with Crippen LogP contribution in [-0.2, 0) is 71.2 Å². The predicted molar refractivity (Wildman–Crippen MR) is 245 cm³/mol. The lowest BCUT2D eigenvalue weighted by Crippen LogP contribution is -2.45. The molecule has 3 aliphatic heterocycles. The van der Waals surface area contributed by atoms with Gasteiger partial charge in [0.25, 0.3) is 17.1 Å². The van der Waals surface area contributed by atoms with E-state index < -0.39 is 141 Å². The minimum atomic E-state index is -6.20. The third-order valence-electron chi connectivity index (χ3n) is 12.0. The number of nitrogen functional groups attached to an aromatic ring is 2. The Balaban J connectivity index is 0.961. The molecule has 3 fully saturated rings. The number of phosphoric ester groups is 2. The highest BCUT2D eigenvalue weighted by molar-refractivity contribution is 7.66. The van der Waals surface area contributed by atoms with Gasteiger partial charge in [-0.25, -0.2) is 38.0 Å². The Hall–Kier alpha value is -4.58. The van der Waals surface area contributed by atoms with Crippen LogP contribution in [0.3, 0.4) is 0 Å². The van der Waals surface area contributed by atoms with Gasteiger partial charge in [-0.2, -0.15) is 8.62 Å². The number of nitrogens with one attached hydrogen (secondary N) is 2. The van der Waals surface area contributed by atoms with Crippen LogP contribution in [-0.4, -0.2) is 167 Å². The number of nitrogens with zero attached hydrogens (tertiary/aromatic N) is 8. The van der Waals surface area contributed by atoms with Crippen molar-refractivity contribution in [2.45, 2.75) is 80.4 Å². The molecular weight excluding hydrogens is 1100 g/mol. The highest BCUT2D eigenvalue weighted by Crippen LogP contribution is 2.68. The van der Waals surface area contributed by atoms with Gasteiger partial charge in [0.05, 0.1) is 45.9 Å². The number of nitrogens with two attached hydrogens (primary N) is 2. The van der Waals surface area contributed by atoms with E-state index in [4.69, 9.17) is 48.7 Å². The van der Waals surface area contributed by atoms with Crippen LogP contribution in [0.2, 0.25) is 0 Å². The number of anilines is 2. The second kappa shape index (κ2) is 22.0. The molecule has 75 heavy (non-hydrogen) atoms. The molecule has 0 saturated carbocycles. The van der Waals surface area contributed by atoms with Crippen LogP contribution in [0.5, 0.6) is 0 Å². The van der Waals surface area contributed by atoms with Crippen LogP contribution in [0, 0.1) is 5.92 Å². The van der Waals surface area contributed by atoms with Gasteiger partial charge in [0, 0.05) is 31.9 Å². The number of rotatable bonds is 22. The normalized spacial score (nSPS) is 30.4. The summed E-state index contributed by atoms with van der Waals surface area (Å²) in [4.78, 5) is 101. The second-order valence-electron chi connectivity index (χ2n) is 17.0. The van der Waals surface area contributed by atoms with E-state index in [-0.39, 0.29) is 47.3 Å². The van der Waals surface area contributed by atoms with E-state index in [2.05, 4.69) is 33.5 Å². The molecule has 8 heterocycles. The molecule has 0 amide bonds. The van der Waals surface area contributed by atoms with Gasteiger partial charge in [0.1, 0.15) is 54.1 Å². The maximum absolute atomic E-state index is 14.3. The minimum Gasteiger partial charge on any atom is -0.387 e. The highest BCUT2D eigenvalue weighted by Gasteiger charge is 2.58. The number of hydrogen-bond donors (Lipinski definition) is 11. The maximum atomic E-state index is 14.3. The lowest BCUT2D eigenvalue weighted by atomic mass is 9.99. The van der Waals surface area contributed by atoms with E-state index in [1.165, 1.54) is 27.1 Å². The number of aliphatic hydroxyl groups is 3. The number of ether oxygens (including phenoxy) is 5. The summed E-state index contributed by atoms with van der Waals surface area (Å²) in [5.41, 5.74) is 7.34. The fourth-order valence-corrected chi connectivity index (χ4v) is 13.9. The first-order chi connectivity index (χ1) is 35.2. The number of phosphoric acid groups is 3. The Morgan fingerprint density at radius 3 is 2.13 bits per heavy atom. The van der Waals surface area contributed by atoms with Crippen molar-refractivity contribution in [3.63, 3.8) is 0 Å². The average Bonchev–Trinajstić information content (AvgIpc) is 4.13. The number of imidazole rings is 2. The van der Waals surface area contributed by atoms with Crippen LogP contribution in [0.15, 0.2) is 45.6 Å². The molecule has 36 nitrogen and oxygen atoms in total. The summed E-state index contributed by atoms with van der Waals surface area (Å²) in [5, 5.41) is 32.9. The largest absolute Gasteiger partial charge is 0.490 e. The van der Waals surface area contributed by atoms with Crippen LogP contribution >= 0.6 is 31.1 Å². The lowest BCUT2D eigenvalue weighted by molar-refractivity contribution is -0.745. The fraction of sp³-hybridized carbons (Fsp3) is 0.600. The predicted octanol–water partition coefficient (Wildman–Crippen LogP) is -3.13. The summed E-state index contributed by atoms with van der Waals surface area (Å²) >= 11 is 0. The number of aliphatic hydroxyl groups excluding tert-OH is 3. The molecule has 414 valence electrons. The molecular formula is C35H51N12O24P4+. The first-order valence-electron chi connectivity index (χ1n) is 22.0. The molecule has 8 rings (SSSR count). The summed E-state index contributed by atoms with van der Waals surface area (Å²) in [6, 6.07) is 0.928. The third-order valence-corrected chi connectivity index (χ3v) is 18.1. The molecule has 40 heteroatoms. The molecule has 13 N–H and O–H groups in total. The van der Waals surface area contributed by atoms with Gasteiger partial charge in [0.2, 0.25) is 11.7 Å². The standard InChI is InChI=1S/C35H50N12O24P4/c1-4-7-63-8-15-16(67-31(22(15)49)47-14-44(2)21-29(47)42-34(37)43-30(21)52)9-65-73(56,57)70-75(60,61)71-74(58,59)66-11-18-26(25(62-3)33(69-18)46-13-40-20-27(36)38-12-39-28(20)46)72(54,55)64-10-17-23(50)24(51)32(68-17)45-6-5-19(48)41-35(45)53/h5-6,12-18,22-26,31-33,49-51H,4,7-11H2,1-3H3,(H9-,36,37,38,39,41,42,43,48,52,53,54,55,56,57,58,59,60,61)/p+1/t15-,16-,17-,18-,22-,23-,24-,25-,26-,31-,32-,33-/m1/s1. The van der Waals surface area contributed by atoms with Crippen LogP contribution < -0.4 is 32.8 Å². The van der Waals surface area contributed by atoms with Gasteiger partial charge in [-0.05, 0) is 6.42 Å². The fourth-order valence-electron chi connectivity index (χ4n) is 8.65. The zero-order chi connectivity index (χ0) is 54.5. The van der Waals surface area contributed by atoms with Gasteiger partial charge in [-0.3, -0.25) is 46.9 Å². The summed E-state index contributed by atoms with van der Waals surface area (Å²) in [6.07, 6.45) is -11.1. The monoisotopic (exact) mass is 1150 g/mol. The van der Waals surface area contributed by atoms with Crippen molar-refractivity contribution in [2.75, 3.05) is 51.6 Å². The molecule has 4 unspecified atom stereocenters. The summed E-state index contributed by atoms with van der Waals surface area (Å²) < 4.78 is 111. The van der Waals surface area contributed by atoms with Crippen molar-refractivity contribution in [1.82, 2.24) is 43.6 Å². The number of H-pyrrole nitrogens is 2. The number of methoxy groups -OCH3 is 1. The van der Waals surface area contributed by atoms with Crippen molar-refractivity contribution in [1.29, 1.82) is 0 Å². The van der Waals surface area contributed by atoms with E-state index in [0.29, 0.717) is 6.42 Å². The van der Waals surface area contributed by atoms with Crippen LogP contribution in [0.1, 0.15) is 32.0 Å². The van der Waals surface area contributed by atoms with E-state index in [1.54, 1.807) is 6.92 Å². The van der Waals surface area contributed by atoms with Gasteiger partial charge in [0.15, 0.2) is 30.2 Å². The number of hydrogen-bond acceptors (Lipinski definition) is 26. The van der Waals surface area contributed by atoms with Gasteiger partial charge < -0.3 is 74.6 Å².